The largest absolute Gasteiger partial charge is 0.287 e. The minimum absolute atomic E-state index is 0.909. The van der Waals surface area contributed by atoms with Crippen molar-refractivity contribution in [1.29, 1.82) is 0 Å². The first-order chi connectivity index (χ1) is 7.88. The Kier molecular flexibility index (Phi) is 2.31. The normalized spacial score (nSPS) is 18.2. The Morgan fingerprint density at radius 2 is 2.25 bits per heavy atom. The molecule has 0 spiro atoms. The van der Waals surface area contributed by atoms with Gasteiger partial charge in [0.15, 0.2) is 0 Å². The zero-order valence-electron chi connectivity index (χ0n) is 9.40. The third-order valence-corrected chi connectivity index (χ3v) is 3.00. The third-order valence-electron chi connectivity index (χ3n) is 3.00. The van der Waals surface area contributed by atoms with Crippen molar-refractivity contribution in [2.24, 2.45) is 0 Å². The molecule has 2 heterocycles. The predicted octanol–water partition coefficient (Wildman–Crippen LogP) is 1.10. The molecule has 0 saturated heterocycles. The second-order valence-electron chi connectivity index (χ2n) is 4.05. The number of benzene rings is 1. The van der Waals surface area contributed by atoms with E-state index in [4.69, 9.17) is 0 Å². The van der Waals surface area contributed by atoms with E-state index in [1.807, 2.05) is 5.12 Å². The van der Waals surface area contributed by atoms with Crippen LogP contribution in [0.5, 0.6) is 0 Å². The standard InChI is InChI=1S/C12H16N4/c1-2-13-16-9-12-11-6-4-3-5-10(11)7-8-15(12)14-16/h3-6,9,13-14H,2,7-8H2,1H3. The van der Waals surface area contributed by atoms with E-state index in [1.54, 1.807) is 0 Å². The molecule has 84 valence electrons. The number of nitrogens with one attached hydrogen (secondary N) is 2. The highest BCUT2D eigenvalue weighted by molar-refractivity contribution is 5.69. The second kappa shape index (κ2) is 3.81. The van der Waals surface area contributed by atoms with Crippen molar-refractivity contribution in [3.05, 3.63) is 41.6 Å². The summed E-state index contributed by atoms with van der Waals surface area (Å²) in [6.07, 6.45) is 3.21. The van der Waals surface area contributed by atoms with E-state index in [0.29, 0.717) is 0 Å². The summed E-state index contributed by atoms with van der Waals surface area (Å²) >= 11 is 0. The maximum Gasteiger partial charge on any atom is 0.0804 e. The zero-order valence-corrected chi connectivity index (χ0v) is 9.40. The van der Waals surface area contributed by atoms with Crippen molar-refractivity contribution in [3.8, 4) is 0 Å². The van der Waals surface area contributed by atoms with Crippen LogP contribution in [0.15, 0.2) is 30.5 Å². The summed E-state index contributed by atoms with van der Waals surface area (Å²) in [6.45, 7) is 4.02. The minimum atomic E-state index is 0.909. The summed E-state index contributed by atoms with van der Waals surface area (Å²) in [5.74, 6) is 0. The summed E-state index contributed by atoms with van der Waals surface area (Å²) in [5.41, 5.74) is 10.6. The molecular formula is C12H16N4. The molecule has 16 heavy (non-hydrogen) atoms. The Labute approximate surface area is 95.4 Å². The van der Waals surface area contributed by atoms with Gasteiger partial charge in [0.1, 0.15) is 0 Å². The van der Waals surface area contributed by atoms with Gasteiger partial charge in [-0.2, -0.15) is 0 Å². The van der Waals surface area contributed by atoms with Gasteiger partial charge in [-0.1, -0.05) is 31.2 Å². The van der Waals surface area contributed by atoms with E-state index in [-0.39, 0.29) is 0 Å². The molecule has 0 amide bonds. The molecule has 2 N–H and O–H groups in total. The third kappa shape index (κ3) is 1.47. The quantitative estimate of drug-likeness (QED) is 0.775. The van der Waals surface area contributed by atoms with Gasteiger partial charge in [-0.15, -0.1) is 5.53 Å². The highest BCUT2D eigenvalue weighted by atomic mass is 15.9. The topological polar surface area (TPSA) is 30.5 Å². The molecule has 0 fully saturated rings. The van der Waals surface area contributed by atoms with E-state index < -0.39 is 0 Å². The molecule has 2 aliphatic rings. The molecule has 0 radical (unpaired) electrons. The van der Waals surface area contributed by atoms with Gasteiger partial charge in [-0.05, 0) is 12.0 Å². The molecule has 0 unspecified atom stereocenters. The van der Waals surface area contributed by atoms with E-state index in [9.17, 15) is 0 Å². The first kappa shape index (κ1) is 9.69. The van der Waals surface area contributed by atoms with E-state index in [2.05, 4.69) is 53.4 Å². The van der Waals surface area contributed by atoms with Gasteiger partial charge in [0, 0.05) is 18.7 Å². The summed E-state index contributed by atoms with van der Waals surface area (Å²) < 4.78 is 0. The van der Waals surface area contributed by atoms with Gasteiger partial charge in [0.25, 0.3) is 0 Å². The number of hydrogen-bond donors (Lipinski definition) is 2. The average molecular weight is 216 g/mol. The van der Waals surface area contributed by atoms with Crippen molar-refractivity contribution in [2.75, 3.05) is 13.1 Å². The van der Waals surface area contributed by atoms with Crippen molar-refractivity contribution in [3.63, 3.8) is 0 Å². The Bertz CT molecular complexity index is 427. The molecule has 2 aliphatic heterocycles. The van der Waals surface area contributed by atoms with Gasteiger partial charge < -0.3 is 0 Å². The molecule has 4 heteroatoms. The first-order valence-corrected chi connectivity index (χ1v) is 5.75. The monoisotopic (exact) mass is 216 g/mol. The molecule has 1 aromatic carbocycles. The number of rotatable bonds is 2. The maximum atomic E-state index is 3.30. The highest BCUT2D eigenvalue weighted by Crippen LogP contribution is 2.29. The molecule has 0 aliphatic carbocycles. The number of fused-ring (bicyclic) bond motifs is 3. The fourth-order valence-corrected chi connectivity index (χ4v) is 2.26. The van der Waals surface area contributed by atoms with Crippen LogP contribution in [0.2, 0.25) is 0 Å². The Morgan fingerprint density at radius 3 is 3.12 bits per heavy atom. The van der Waals surface area contributed by atoms with Gasteiger partial charge >= 0.3 is 0 Å². The lowest BCUT2D eigenvalue weighted by Gasteiger charge is -2.29. The van der Waals surface area contributed by atoms with E-state index >= 15 is 0 Å². The number of hydrogen-bond acceptors (Lipinski definition) is 4. The minimum Gasteiger partial charge on any atom is -0.287 e. The SMILES string of the molecule is CCNN1C=C2c3ccccc3CCN2N1. The van der Waals surface area contributed by atoms with Gasteiger partial charge in [-0.3, -0.25) is 5.01 Å². The van der Waals surface area contributed by atoms with Gasteiger partial charge in [0.05, 0.1) is 11.9 Å². The van der Waals surface area contributed by atoms with Crippen molar-refractivity contribution in [1.82, 2.24) is 21.1 Å². The average Bonchev–Trinajstić information content (AvgIpc) is 2.72. The van der Waals surface area contributed by atoms with Crippen LogP contribution >= 0.6 is 0 Å². The molecule has 0 saturated carbocycles. The highest BCUT2D eigenvalue weighted by Gasteiger charge is 2.26. The Hall–Kier alpha value is -1.52. The molecule has 0 aromatic heterocycles. The summed E-state index contributed by atoms with van der Waals surface area (Å²) in [7, 11) is 0. The first-order valence-electron chi connectivity index (χ1n) is 5.75. The Balaban J connectivity index is 1.95. The van der Waals surface area contributed by atoms with E-state index in [0.717, 1.165) is 19.5 Å². The van der Waals surface area contributed by atoms with Crippen LogP contribution in [0, 0.1) is 0 Å². The van der Waals surface area contributed by atoms with Crippen LogP contribution in [0.1, 0.15) is 18.1 Å². The smallest absolute Gasteiger partial charge is 0.0804 e. The predicted molar refractivity (Wildman–Crippen MR) is 63.5 cm³/mol. The van der Waals surface area contributed by atoms with Gasteiger partial charge in [0.2, 0.25) is 0 Å². The summed E-state index contributed by atoms with van der Waals surface area (Å²) in [6, 6.07) is 8.60. The molecule has 4 nitrogen and oxygen atoms in total. The van der Waals surface area contributed by atoms with Crippen LogP contribution in [0.3, 0.4) is 0 Å². The summed E-state index contributed by atoms with van der Waals surface area (Å²) in [4.78, 5) is 0. The fraction of sp³-hybridized carbons (Fsp3) is 0.333. The van der Waals surface area contributed by atoms with Crippen LogP contribution in [0.25, 0.3) is 5.70 Å². The zero-order chi connectivity index (χ0) is 11.0. The molecule has 0 atom stereocenters. The van der Waals surface area contributed by atoms with Crippen LogP contribution < -0.4 is 11.0 Å². The van der Waals surface area contributed by atoms with Crippen molar-refractivity contribution >= 4 is 5.70 Å². The van der Waals surface area contributed by atoms with Crippen molar-refractivity contribution in [2.45, 2.75) is 13.3 Å². The Morgan fingerprint density at radius 1 is 1.38 bits per heavy atom. The number of hydrazine groups is 3. The lowest BCUT2D eigenvalue weighted by Crippen LogP contribution is -2.48. The molecular weight excluding hydrogens is 200 g/mol. The van der Waals surface area contributed by atoms with Crippen LogP contribution in [0.4, 0.5) is 0 Å². The lowest BCUT2D eigenvalue weighted by molar-refractivity contribution is 0.0965. The second-order valence-corrected chi connectivity index (χ2v) is 4.05. The maximum absolute atomic E-state index is 3.30. The number of nitrogens with zero attached hydrogens (tertiary/aromatic N) is 2. The lowest BCUT2D eigenvalue weighted by atomic mass is 9.98. The van der Waals surface area contributed by atoms with E-state index in [1.165, 1.54) is 16.8 Å². The van der Waals surface area contributed by atoms with Crippen LogP contribution in [-0.2, 0) is 6.42 Å². The molecule has 0 bridgehead atoms. The summed E-state index contributed by atoms with van der Waals surface area (Å²) in [5, 5.41) is 4.11. The van der Waals surface area contributed by atoms with Crippen molar-refractivity contribution < 1.29 is 0 Å². The fourth-order valence-electron chi connectivity index (χ4n) is 2.26. The van der Waals surface area contributed by atoms with Crippen LogP contribution in [-0.4, -0.2) is 23.2 Å². The molecule has 3 rings (SSSR count). The molecule has 1 aromatic rings. The van der Waals surface area contributed by atoms with Gasteiger partial charge in [-0.25, -0.2) is 10.5 Å².